The van der Waals surface area contributed by atoms with Crippen LogP contribution in [0.25, 0.3) is 11.0 Å². The summed E-state index contributed by atoms with van der Waals surface area (Å²) in [4.78, 5) is 36.1. The van der Waals surface area contributed by atoms with E-state index in [1.807, 2.05) is 34.5 Å². The molecule has 1 aromatic carbocycles. The first-order valence-corrected chi connectivity index (χ1v) is 16.1. The molecule has 1 aliphatic rings. The molecule has 1 fully saturated rings. The second kappa shape index (κ2) is 14.8. The number of carbonyl (C=O) groups excluding carboxylic acids is 2. The number of aryl methyl sites for hydroxylation is 1. The van der Waals surface area contributed by atoms with Crippen molar-refractivity contribution < 1.29 is 14.3 Å². The zero-order chi connectivity index (χ0) is 29.4. The fourth-order valence-corrected chi connectivity index (χ4v) is 6.08. The highest BCUT2D eigenvalue weighted by Gasteiger charge is 2.21. The average Bonchev–Trinajstić information content (AvgIpc) is 3.56. The number of carbonyl (C=O) groups is 2. The Hall–Kier alpha value is -2.91. The lowest BCUT2D eigenvalue weighted by Gasteiger charge is -2.26. The molecule has 224 valence electrons. The summed E-state index contributed by atoms with van der Waals surface area (Å²) in [5, 5.41) is 5.28. The fourth-order valence-electron chi connectivity index (χ4n) is 5.32. The first-order valence-electron chi connectivity index (χ1n) is 15.2. The number of anilines is 2. The molecule has 0 aliphatic carbocycles. The Kier molecular flexibility index (Phi) is 11.2. The zero-order valence-corrected chi connectivity index (χ0v) is 26.3. The van der Waals surface area contributed by atoms with Gasteiger partial charge in [-0.2, -0.15) is 0 Å². The maximum absolute atomic E-state index is 13.8. The molecule has 2 aromatic heterocycles. The number of hydrogen-bond donors (Lipinski definition) is 1. The second-order valence-corrected chi connectivity index (χ2v) is 12.9. The smallest absolute Gasteiger partial charge is 0.350 e. The van der Waals surface area contributed by atoms with Gasteiger partial charge in [0, 0.05) is 25.2 Å². The van der Waals surface area contributed by atoms with Gasteiger partial charge in [-0.1, -0.05) is 34.1 Å². The fraction of sp³-hybridized carbons (Fsp3) is 0.594. The van der Waals surface area contributed by atoms with E-state index in [4.69, 9.17) is 9.72 Å². The van der Waals surface area contributed by atoms with E-state index in [-0.39, 0.29) is 11.9 Å². The van der Waals surface area contributed by atoms with Crippen molar-refractivity contribution in [2.24, 2.45) is 11.8 Å². The molecule has 4 rings (SSSR count). The van der Waals surface area contributed by atoms with Crippen LogP contribution in [0.2, 0.25) is 0 Å². The Labute approximate surface area is 249 Å². The van der Waals surface area contributed by atoms with E-state index in [1.54, 1.807) is 0 Å². The standard InChI is InChI=1S/C32H47N5O3S/c1-23(2)12-19-36(20-13-24(3)4)30(38)25-10-11-26-28(22-25)37(18-9-17-35-15-7-6-8-16-35)32(33-26)34-27-14-21-41-29(27)31(39)40-5/h10-11,14,21-24H,6-9,12-13,15-20H2,1-5H3,(H,33,34). The van der Waals surface area contributed by atoms with Gasteiger partial charge in [0.1, 0.15) is 4.88 Å². The highest BCUT2D eigenvalue weighted by molar-refractivity contribution is 7.12. The molecule has 0 atom stereocenters. The van der Waals surface area contributed by atoms with Crippen molar-refractivity contribution >= 4 is 45.9 Å². The van der Waals surface area contributed by atoms with Gasteiger partial charge in [0.25, 0.3) is 5.91 Å². The third-order valence-corrected chi connectivity index (χ3v) is 8.72. The molecule has 1 aliphatic heterocycles. The number of thiophene rings is 1. The van der Waals surface area contributed by atoms with Crippen LogP contribution in [-0.4, -0.2) is 71.1 Å². The van der Waals surface area contributed by atoms with Crippen LogP contribution in [0.4, 0.5) is 11.6 Å². The number of hydrogen-bond acceptors (Lipinski definition) is 7. The average molecular weight is 582 g/mol. The van der Waals surface area contributed by atoms with E-state index in [0.29, 0.717) is 33.9 Å². The van der Waals surface area contributed by atoms with Crippen LogP contribution in [-0.2, 0) is 11.3 Å². The Bertz CT molecular complexity index is 1280. The minimum atomic E-state index is -0.369. The lowest BCUT2D eigenvalue weighted by atomic mass is 10.1. The molecule has 1 amide bonds. The number of amides is 1. The van der Waals surface area contributed by atoms with Crippen LogP contribution < -0.4 is 5.32 Å². The summed E-state index contributed by atoms with van der Waals surface area (Å²) >= 11 is 1.34. The van der Waals surface area contributed by atoms with Crippen LogP contribution in [0.5, 0.6) is 0 Å². The summed E-state index contributed by atoms with van der Waals surface area (Å²) in [5.41, 5.74) is 3.13. The molecule has 41 heavy (non-hydrogen) atoms. The highest BCUT2D eigenvalue weighted by atomic mass is 32.1. The molecule has 9 heteroatoms. The number of rotatable bonds is 14. The van der Waals surface area contributed by atoms with E-state index in [1.165, 1.54) is 37.7 Å². The first kappa shape index (κ1) is 31.0. The maximum Gasteiger partial charge on any atom is 0.350 e. The zero-order valence-electron chi connectivity index (χ0n) is 25.4. The van der Waals surface area contributed by atoms with Crippen LogP contribution in [0.3, 0.4) is 0 Å². The molecular formula is C32H47N5O3S. The summed E-state index contributed by atoms with van der Waals surface area (Å²) in [6.07, 6.45) is 6.80. The van der Waals surface area contributed by atoms with Crippen molar-refractivity contribution in [3.05, 3.63) is 40.1 Å². The van der Waals surface area contributed by atoms with Crippen LogP contribution >= 0.6 is 11.3 Å². The number of fused-ring (bicyclic) bond motifs is 1. The van der Waals surface area contributed by atoms with Crippen LogP contribution in [0.1, 0.15) is 86.2 Å². The van der Waals surface area contributed by atoms with Crippen molar-refractivity contribution in [3.8, 4) is 0 Å². The predicted molar refractivity (Wildman–Crippen MR) is 168 cm³/mol. The van der Waals surface area contributed by atoms with Gasteiger partial charge in [0.05, 0.1) is 23.8 Å². The number of nitrogens with one attached hydrogen (secondary N) is 1. The lowest BCUT2D eigenvalue weighted by Crippen LogP contribution is -2.34. The summed E-state index contributed by atoms with van der Waals surface area (Å²) in [6, 6.07) is 7.74. The molecule has 0 radical (unpaired) electrons. The first-order chi connectivity index (χ1) is 19.8. The maximum atomic E-state index is 13.8. The second-order valence-electron chi connectivity index (χ2n) is 12.0. The number of methoxy groups -OCH3 is 1. The molecule has 8 nitrogen and oxygen atoms in total. The van der Waals surface area contributed by atoms with Gasteiger partial charge in [0.2, 0.25) is 5.95 Å². The molecule has 1 saturated heterocycles. The number of likely N-dealkylation sites (tertiary alicyclic amines) is 1. The normalized spacial score (nSPS) is 14.2. The summed E-state index contributed by atoms with van der Waals surface area (Å²) < 4.78 is 7.15. The number of benzene rings is 1. The SMILES string of the molecule is COC(=O)c1sccc1Nc1nc2ccc(C(=O)N(CCC(C)C)CCC(C)C)cc2n1CCCN1CCCCC1. The van der Waals surface area contributed by atoms with Crippen LogP contribution in [0, 0.1) is 11.8 Å². The van der Waals surface area contributed by atoms with Gasteiger partial charge in [0.15, 0.2) is 0 Å². The summed E-state index contributed by atoms with van der Waals surface area (Å²) in [6.45, 7) is 14.4. The molecule has 0 spiro atoms. The molecular weight excluding hydrogens is 534 g/mol. The summed E-state index contributed by atoms with van der Waals surface area (Å²) in [5.74, 6) is 1.45. The monoisotopic (exact) mass is 581 g/mol. The largest absolute Gasteiger partial charge is 0.465 e. The highest BCUT2D eigenvalue weighted by Crippen LogP contribution is 2.30. The Morgan fingerprint density at radius 3 is 2.39 bits per heavy atom. The van der Waals surface area contributed by atoms with Gasteiger partial charge in [-0.15, -0.1) is 11.3 Å². The van der Waals surface area contributed by atoms with Gasteiger partial charge in [-0.25, -0.2) is 9.78 Å². The van der Waals surface area contributed by atoms with Gasteiger partial charge in [-0.3, -0.25) is 4.79 Å². The van der Waals surface area contributed by atoms with Crippen molar-refractivity contribution in [2.75, 3.05) is 45.2 Å². The number of aromatic nitrogens is 2. The van der Waals surface area contributed by atoms with Crippen LogP contribution in [0.15, 0.2) is 29.6 Å². The molecule has 0 unspecified atom stereocenters. The van der Waals surface area contributed by atoms with E-state index in [2.05, 4.69) is 42.5 Å². The van der Waals surface area contributed by atoms with E-state index in [0.717, 1.165) is 69.6 Å². The minimum absolute atomic E-state index is 0.0783. The Morgan fingerprint density at radius 2 is 1.73 bits per heavy atom. The predicted octanol–water partition coefficient (Wildman–Crippen LogP) is 7.04. The van der Waals surface area contributed by atoms with Crippen molar-refractivity contribution in [2.45, 2.75) is 72.8 Å². The minimum Gasteiger partial charge on any atom is -0.465 e. The molecule has 0 saturated carbocycles. The van der Waals surface area contributed by atoms with Crippen molar-refractivity contribution in [1.82, 2.24) is 19.4 Å². The van der Waals surface area contributed by atoms with Crippen molar-refractivity contribution in [1.29, 1.82) is 0 Å². The van der Waals surface area contributed by atoms with Gasteiger partial charge >= 0.3 is 5.97 Å². The number of nitrogens with zero attached hydrogens (tertiary/aromatic N) is 4. The number of ether oxygens (including phenoxy) is 1. The topological polar surface area (TPSA) is 79.7 Å². The summed E-state index contributed by atoms with van der Waals surface area (Å²) in [7, 11) is 1.39. The van der Waals surface area contributed by atoms with E-state index < -0.39 is 0 Å². The van der Waals surface area contributed by atoms with Gasteiger partial charge in [-0.05, 0) is 93.2 Å². The number of piperidine rings is 1. The van der Waals surface area contributed by atoms with Crippen molar-refractivity contribution in [3.63, 3.8) is 0 Å². The Balaban J connectivity index is 1.64. The molecule has 1 N–H and O–H groups in total. The lowest BCUT2D eigenvalue weighted by molar-refractivity contribution is 0.0607. The Morgan fingerprint density at radius 1 is 1.02 bits per heavy atom. The number of esters is 1. The van der Waals surface area contributed by atoms with E-state index >= 15 is 0 Å². The quantitative estimate of drug-likeness (QED) is 0.206. The molecule has 3 heterocycles. The van der Waals surface area contributed by atoms with E-state index in [9.17, 15) is 9.59 Å². The number of imidazole rings is 1. The third kappa shape index (κ3) is 8.32. The third-order valence-electron chi connectivity index (χ3n) is 7.82. The van der Waals surface area contributed by atoms with Gasteiger partial charge < -0.3 is 24.4 Å². The molecule has 3 aromatic rings. The molecule has 0 bridgehead atoms.